The monoisotopic (exact) mass is 581 g/mol. The van der Waals surface area contributed by atoms with E-state index in [0.717, 1.165) is 5.69 Å². The molecule has 0 aliphatic rings. The SMILES string of the molecule is c1ccc(-c2c3ccccc3c(-c3ccc(-c4ccc5ccc6cccc7ccc4c5c67)c4ccccc34)c3ccccc23)nc1. The summed E-state index contributed by atoms with van der Waals surface area (Å²) in [5.41, 5.74) is 7.23. The second-order valence-electron chi connectivity index (χ2n) is 12.2. The fourth-order valence-corrected chi connectivity index (χ4v) is 7.93. The van der Waals surface area contributed by atoms with Gasteiger partial charge in [0.2, 0.25) is 0 Å². The zero-order valence-electron chi connectivity index (χ0n) is 25.0. The second-order valence-corrected chi connectivity index (χ2v) is 12.2. The van der Waals surface area contributed by atoms with E-state index < -0.39 is 0 Å². The highest BCUT2D eigenvalue weighted by atomic mass is 14.7. The fourth-order valence-electron chi connectivity index (χ4n) is 7.93. The Balaban J connectivity index is 1.29. The summed E-state index contributed by atoms with van der Waals surface area (Å²) >= 11 is 0. The molecule has 0 saturated heterocycles. The molecule has 0 amide bonds. The predicted molar refractivity (Wildman–Crippen MR) is 197 cm³/mol. The summed E-state index contributed by atoms with van der Waals surface area (Å²) in [5.74, 6) is 0. The lowest BCUT2D eigenvalue weighted by molar-refractivity contribution is 1.34. The third kappa shape index (κ3) is 3.54. The number of aromatic nitrogens is 1. The molecule has 46 heavy (non-hydrogen) atoms. The number of fused-ring (bicyclic) bond motifs is 3. The van der Waals surface area contributed by atoms with Crippen molar-refractivity contribution in [3.05, 3.63) is 164 Å². The van der Waals surface area contributed by atoms with Crippen molar-refractivity contribution >= 4 is 64.6 Å². The maximum absolute atomic E-state index is 4.80. The van der Waals surface area contributed by atoms with Crippen molar-refractivity contribution in [1.29, 1.82) is 0 Å². The highest BCUT2D eigenvalue weighted by Gasteiger charge is 2.20. The molecule has 0 radical (unpaired) electrons. The van der Waals surface area contributed by atoms with E-state index in [9.17, 15) is 0 Å². The van der Waals surface area contributed by atoms with Gasteiger partial charge in [-0.15, -0.1) is 0 Å². The number of benzene rings is 9. The third-order valence-electron chi connectivity index (χ3n) is 9.86. The van der Waals surface area contributed by atoms with Crippen molar-refractivity contribution in [3.8, 4) is 33.5 Å². The summed E-state index contributed by atoms with van der Waals surface area (Å²) in [7, 11) is 0. The van der Waals surface area contributed by atoms with E-state index in [1.54, 1.807) is 0 Å². The molecule has 10 rings (SSSR count). The highest BCUT2D eigenvalue weighted by molar-refractivity contribution is 6.27. The zero-order valence-corrected chi connectivity index (χ0v) is 25.0. The average molecular weight is 582 g/mol. The van der Waals surface area contributed by atoms with Gasteiger partial charge in [0.1, 0.15) is 0 Å². The van der Waals surface area contributed by atoms with Gasteiger partial charge in [-0.05, 0) is 99.0 Å². The lowest BCUT2D eigenvalue weighted by Crippen LogP contribution is -1.93. The smallest absolute Gasteiger partial charge is 0.0714 e. The Hall–Kier alpha value is -6.05. The number of nitrogens with zero attached hydrogens (tertiary/aromatic N) is 1. The molecule has 0 aliphatic carbocycles. The predicted octanol–water partition coefficient (Wildman–Crippen LogP) is 12.4. The fraction of sp³-hybridized carbons (Fsp3) is 0. The van der Waals surface area contributed by atoms with E-state index in [0.29, 0.717) is 0 Å². The van der Waals surface area contributed by atoms with E-state index in [-0.39, 0.29) is 0 Å². The van der Waals surface area contributed by atoms with E-state index in [2.05, 4.69) is 152 Å². The van der Waals surface area contributed by atoms with Crippen LogP contribution in [0, 0.1) is 0 Å². The Labute approximate surface area is 266 Å². The van der Waals surface area contributed by atoms with Crippen molar-refractivity contribution in [2.75, 3.05) is 0 Å². The quantitative estimate of drug-likeness (QED) is 0.149. The molecule has 0 bridgehead atoms. The Morgan fingerprint density at radius 2 is 0.761 bits per heavy atom. The second kappa shape index (κ2) is 9.72. The van der Waals surface area contributed by atoms with Gasteiger partial charge < -0.3 is 0 Å². The van der Waals surface area contributed by atoms with Crippen molar-refractivity contribution in [1.82, 2.24) is 4.98 Å². The summed E-state index contributed by atoms with van der Waals surface area (Å²) < 4.78 is 0. The standard InChI is InChI=1S/C45H27N/c1-2-13-32-31(12-1)33(34-23-21-30-20-19-28-10-9-11-29-22-24-39(34)43(30)42(28)29)25-26-40(32)44-35-14-3-5-16-37(35)45(41-18-7-8-27-46-41)38-17-6-4-15-36(38)44/h1-27H. The topological polar surface area (TPSA) is 12.9 Å². The molecule has 0 fully saturated rings. The van der Waals surface area contributed by atoms with Crippen LogP contribution in [0.15, 0.2) is 164 Å². The van der Waals surface area contributed by atoms with Crippen LogP contribution in [0.1, 0.15) is 0 Å². The molecule has 0 atom stereocenters. The summed E-state index contributed by atoms with van der Waals surface area (Å²) in [4.78, 5) is 4.80. The highest BCUT2D eigenvalue weighted by Crippen LogP contribution is 2.47. The largest absolute Gasteiger partial charge is 0.256 e. The van der Waals surface area contributed by atoms with Crippen LogP contribution in [0.2, 0.25) is 0 Å². The molecule has 0 N–H and O–H groups in total. The Morgan fingerprint density at radius 1 is 0.283 bits per heavy atom. The number of hydrogen-bond acceptors (Lipinski definition) is 1. The van der Waals surface area contributed by atoms with Gasteiger partial charge in [-0.2, -0.15) is 0 Å². The third-order valence-corrected chi connectivity index (χ3v) is 9.86. The minimum absolute atomic E-state index is 0.996. The minimum atomic E-state index is 0.996. The minimum Gasteiger partial charge on any atom is -0.256 e. The molecule has 1 nitrogen and oxygen atoms in total. The van der Waals surface area contributed by atoms with Crippen LogP contribution in [0.5, 0.6) is 0 Å². The summed E-state index contributed by atoms with van der Waals surface area (Å²) in [6.07, 6.45) is 1.89. The van der Waals surface area contributed by atoms with Gasteiger partial charge in [-0.25, -0.2) is 0 Å². The lowest BCUT2D eigenvalue weighted by Gasteiger charge is -2.20. The van der Waals surface area contributed by atoms with Crippen LogP contribution < -0.4 is 0 Å². The van der Waals surface area contributed by atoms with E-state index in [1.807, 2.05) is 12.3 Å². The first-order chi connectivity index (χ1) is 22.8. The summed E-state index contributed by atoms with van der Waals surface area (Å²) in [5, 5.41) is 15.3. The Morgan fingerprint density at radius 3 is 1.41 bits per heavy atom. The van der Waals surface area contributed by atoms with E-state index in [1.165, 1.54) is 92.5 Å². The van der Waals surface area contributed by atoms with Crippen LogP contribution in [0.3, 0.4) is 0 Å². The number of rotatable bonds is 3. The van der Waals surface area contributed by atoms with Crippen molar-refractivity contribution in [2.24, 2.45) is 0 Å². The van der Waals surface area contributed by atoms with E-state index >= 15 is 0 Å². The molecule has 0 aliphatic heterocycles. The number of hydrogen-bond donors (Lipinski definition) is 0. The molecule has 0 spiro atoms. The molecular formula is C45H27N. The lowest BCUT2D eigenvalue weighted by atomic mass is 9.83. The van der Waals surface area contributed by atoms with Crippen molar-refractivity contribution in [2.45, 2.75) is 0 Å². The summed E-state index contributed by atoms with van der Waals surface area (Å²) in [6.45, 7) is 0. The van der Waals surface area contributed by atoms with Gasteiger partial charge in [0.05, 0.1) is 5.69 Å². The van der Waals surface area contributed by atoms with Gasteiger partial charge in [-0.3, -0.25) is 4.98 Å². The Bertz CT molecular complexity index is 2720. The van der Waals surface area contributed by atoms with Crippen LogP contribution >= 0.6 is 0 Å². The first-order valence-electron chi connectivity index (χ1n) is 15.9. The molecule has 1 heterocycles. The zero-order chi connectivity index (χ0) is 30.2. The molecule has 0 unspecified atom stereocenters. The maximum atomic E-state index is 4.80. The van der Waals surface area contributed by atoms with Crippen LogP contribution in [-0.4, -0.2) is 4.98 Å². The summed E-state index contributed by atoms with van der Waals surface area (Å²) in [6, 6.07) is 57.8. The van der Waals surface area contributed by atoms with Gasteiger partial charge in [0, 0.05) is 11.8 Å². The average Bonchev–Trinajstić information content (AvgIpc) is 3.13. The first-order valence-corrected chi connectivity index (χ1v) is 15.9. The van der Waals surface area contributed by atoms with Crippen LogP contribution in [0.25, 0.3) is 98.1 Å². The van der Waals surface area contributed by atoms with Crippen molar-refractivity contribution < 1.29 is 0 Å². The number of pyridine rings is 1. The molecule has 9 aromatic carbocycles. The van der Waals surface area contributed by atoms with Gasteiger partial charge in [0.25, 0.3) is 0 Å². The van der Waals surface area contributed by atoms with Gasteiger partial charge in [0.15, 0.2) is 0 Å². The molecule has 1 heteroatoms. The molecular weight excluding hydrogens is 555 g/mol. The first kappa shape index (κ1) is 25.3. The van der Waals surface area contributed by atoms with Gasteiger partial charge in [-0.1, -0.05) is 146 Å². The van der Waals surface area contributed by atoms with Gasteiger partial charge >= 0.3 is 0 Å². The van der Waals surface area contributed by atoms with Crippen molar-refractivity contribution in [3.63, 3.8) is 0 Å². The molecule has 1 aromatic heterocycles. The van der Waals surface area contributed by atoms with Crippen LogP contribution in [-0.2, 0) is 0 Å². The normalized spacial score (nSPS) is 11.9. The molecule has 212 valence electrons. The molecule has 0 saturated carbocycles. The van der Waals surface area contributed by atoms with Crippen LogP contribution in [0.4, 0.5) is 0 Å². The molecule has 10 aromatic rings. The van der Waals surface area contributed by atoms with E-state index in [4.69, 9.17) is 4.98 Å². The Kier molecular flexibility index (Phi) is 5.35. The maximum Gasteiger partial charge on any atom is 0.0714 e.